The Kier molecular flexibility index (Phi) is 7.60. The zero-order valence-electron chi connectivity index (χ0n) is 19.4. The third-order valence-electron chi connectivity index (χ3n) is 5.35. The first kappa shape index (κ1) is 24.1. The summed E-state index contributed by atoms with van der Waals surface area (Å²) in [5.74, 6) is -0.984. The lowest BCUT2D eigenvalue weighted by molar-refractivity contribution is -0.140. The minimum atomic E-state index is -0.833. The lowest BCUT2D eigenvalue weighted by Gasteiger charge is -2.27. The fraction of sp³-hybridized carbons (Fsp3) is 0.360. The molecule has 1 amide bonds. The molecule has 33 heavy (non-hydrogen) atoms. The van der Waals surface area contributed by atoms with Gasteiger partial charge in [0.15, 0.2) is 11.5 Å². The van der Waals surface area contributed by atoms with Crippen molar-refractivity contribution in [2.45, 2.75) is 19.9 Å². The lowest BCUT2D eigenvalue weighted by Crippen LogP contribution is -2.35. The van der Waals surface area contributed by atoms with E-state index in [0.29, 0.717) is 36.6 Å². The van der Waals surface area contributed by atoms with E-state index in [9.17, 15) is 19.8 Å². The van der Waals surface area contributed by atoms with Crippen LogP contribution in [0, 0.1) is 0 Å². The number of amides is 1. The van der Waals surface area contributed by atoms with Crippen LogP contribution in [0.4, 0.5) is 0 Å². The molecule has 2 N–H and O–H groups in total. The number of benzene rings is 2. The second-order valence-corrected chi connectivity index (χ2v) is 7.92. The van der Waals surface area contributed by atoms with Crippen molar-refractivity contribution in [3.63, 3.8) is 0 Å². The minimum absolute atomic E-state index is 0.0134. The molecule has 176 valence electrons. The van der Waals surface area contributed by atoms with Gasteiger partial charge in [-0.15, -0.1) is 0 Å². The van der Waals surface area contributed by atoms with Gasteiger partial charge in [-0.2, -0.15) is 0 Å². The van der Waals surface area contributed by atoms with Crippen molar-refractivity contribution in [3.8, 4) is 17.2 Å². The van der Waals surface area contributed by atoms with Gasteiger partial charge < -0.3 is 29.5 Å². The molecule has 3 rings (SSSR count). The first-order chi connectivity index (χ1) is 15.8. The Morgan fingerprint density at radius 2 is 1.79 bits per heavy atom. The molecule has 0 radical (unpaired) electrons. The average Bonchev–Trinajstić information content (AvgIpc) is 3.04. The second-order valence-electron chi connectivity index (χ2n) is 7.92. The predicted molar refractivity (Wildman–Crippen MR) is 124 cm³/mol. The molecule has 1 heterocycles. The molecule has 1 aliphatic heterocycles. The molecule has 8 heteroatoms. The van der Waals surface area contributed by atoms with Crippen molar-refractivity contribution in [2.24, 2.45) is 0 Å². The molecule has 0 saturated carbocycles. The highest BCUT2D eigenvalue weighted by Gasteiger charge is 2.46. The minimum Gasteiger partial charge on any atom is -0.507 e. The van der Waals surface area contributed by atoms with E-state index in [-0.39, 0.29) is 29.4 Å². The Bertz CT molecular complexity index is 1060. The van der Waals surface area contributed by atoms with Crippen molar-refractivity contribution < 1.29 is 29.3 Å². The van der Waals surface area contributed by atoms with Gasteiger partial charge in [0.25, 0.3) is 11.7 Å². The van der Waals surface area contributed by atoms with Gasteiger partial charge in [0.05, 0.1) is 24.8 Å². The van der Waals surface area contributed by atoms with Crippen molar-refractivity contribution in [2.75, 3.05) is 40.4 Å². The third kappa shape index (κ3) is 5.12. The number of aromatic hydroxyl groups is 1. The number of nitrogens with zero attached hydrogens (tertiary/aromatic N) is 2. The summed E-state index contributed by atoms with van der Waals surface area (Å²) in [6, 6.07) is 10.6. The number of carbonyl (C=O) groups is 2. The first-order valence-corrected chi connectivity index (χ1v) is 10.9. The summed E-state index contributed by atoms with van der Waals surface area (Å²) in [5, 5.41) is 21.3. The zero-order chi connectivity index (χ0) is 24.1. The first-order valence-electron chi connectivity index (χ1n) is 10.9. The quantitative estimate of drug-likeness (QED) is 0.341. The summed E-state index contributed by atoms with van der Waals surface area (Å²) < 4.78 is 11.0. The fourth-order valence-electron chi connectivity index (χ4n) is 3.79. The fourth-order valence-corrected chi connectivity index (χ4v) is 3.79. The number of phenolic OH excluding ortho intramolecular Hbond substituents is 1. The average molecular weight is 455 g/mol. The summed E-state index contributed by atoms with van der Waals surface area (Å²) in [6.45, 7) is 5.24. The van der Waals surface area contributed by atoms with E-state index < -0.39 is 17.7 Å². The van der Waals surface area contributed by atoms with Gasteiger partial charge in [-0.1, -0.05) is 18.2 Å². The van der Waals surface area contributed by atoms with Gasteiger partial charge in [-0.3, -0.25) is 9.59 Å². The normalized spacial score (nSPS) is 17.6. The number of ketones is 1. The number of aliphatic hydroxyl groups excluding tert-OH is 1. The number of rotatable bonds is 9. The van der Waals surface area contributed by atoms with Crippen LogP contribution in [0.1, 0.15) is 31.0 Å². The van der Waals surface area contributed by atoms with Crippen LogP contribution < -0.4 is 9.47 Å². The van der Waals surface area contributed by atoms with Gasteiger partial charge in [0.1, 0.15) is 11.5 Å². The molecule has 1 saturated heterocycles. The number of likely N-dealkylation sites (tertiary alicyclic amines) is 1. The number of likely N-dealkylation sites (N-methyl/N-ethyl adjacent to an activating group) is 1. The third-order valence-corrected chi connectivity index (χ3v) is 5.35. The molecule has 0 bridgehead atoms. The largest absolute Gasteiger partial charge is 0.507 e. The maximum absolute atomic E-state index is 13.1. The summed E-state index contributed by atoms with van der Waals surface area (Å²) in [4.78, 5) is 29.5. The monoisotopic (exact) mass is 454 g/mol. The standard InChI is InChI=1S/C25H30N2O6/c1-5-32-18-9-7-8-17(14-18)23(29)21-22(16-10-11-19(28)20(15-16)33-6-2)27(13-12-26(3)4)25(31)24(21)30/h7-11,14-15,22,28-29H,5-6,12-13H2,1-4H3/b23-21+. The summed E-state index contributed by atoms with van der Waals surface area (Å²) in [6.07, 6.45) is 0. The summed E-state index contributed by atoms with van der Waals surface area (Å²) >= 11 is 0. The Balaban J connectivity index is 2.17. The molecule has 0 aliphatic carbocycles. The van der Waals surface area contributed by atoms with Crippen LogP contribution in [0.25, 0.3) is 5.76 Å². The molecule has 0 spiro atoms. The van der Waals surface area contributed by atoms with Crippen molar-refractivity contribution in [1.29, 1.82) is 0 Å². The molecule has 2 aromatic rings. The number of phenols is 1. The topological polar surface area (TPSA) is 99.5 Å². The number of hydrogen-bond donors (Lipinski definition) is 2. The Morgan fingerprint density at radius 3 is 2.45 bits per heavy atom. The maximum atomic E-state index is 13.1. The molecule has 8 nitrogen and oxygen atoms in total. The van der Waals surface area contributed by atoms with Crippen LogP contribution in [0.2, 0.25) is 0 Å². The Hall–Kier alpha value is -3.52. The molecule has 2 aromatic carbocycles. The number of Topliss-reactive ketones (excluding diaryl/α,β-unsaturated/α-hetero) is 1. The number of ether oxygens (including phenoxy) is 2. The van der Waals surface area contributed by atoms with Crippen molar-refractivity contribution in [1.82, 2.24) is 9.80 Å². The zero-order valence-corrected chi connectivity index (χ0v) is 19.4. The Labute approximate surface area is 193 Å². The van der Waals surface area contributed by atoms with E-state index >= 15 is 0 Å². The van der Waals surface area contributed by atoms with Crippen molar-refractivity contribution in [3.05, 3.63) is 59.2 Å². The molecular weight excluding hydrogens is 424 g/mol. The van der Waals surface area contributed by atoms with E-state index in [1.54, 1.807) is 43.3 Å². The predicted octanol–water partition coefficient (Wildman–Crippen LogP) is 3.17. The van der Waals surface area contributed by atoms with Crippen LogP contribution in [-0.2, 0) is 9.59 Å². The van der Waals surface area contributed by atoms with E-state index in [0.717, 1.165) is 0 Å². The van der Waals surface area contributed by atoms with Crippen LogP contribution in [0.15, 0.2) is 48.0 Å². The summed E-state index contributed by atoms with van der Waals surface area (Å²) in [7, 11) is 3.75. The summed E-state index contributed by atoms with van der Waals surface area (Å²) in [5.41, 5.74) is 0.914. The van der Waals surface area contributed by atoms with E-state index in [1.807, 2.05) is 25.9 Å². The van der Waals surface area contributed by atoms with E-state index in [4.69, 9.17) is 9.47 Å². The number of aliphatic hydroxyl groups is 1. The van der Waals surface area contributed by atoms with Gasteiger partial charge in [-0.25, -0.2) is 0 Å². The van der Waals surface area contributed by atoms with Gasteiger partial charge >= 0.3 is 0 Å². The van der Waals surface area contributed by atoms with Gasteiger partial charge in [0.2, 0.25) is 0 Å². The molecule has 1 atom stereocenters. The highest BCUT2D eigenvalue weighted by Crippen LogP contribution is 2.42. The molecule has 0 aromatic heterocycles. The Morgan fingerprint density at radius 1 is 1.06 bits per heavy atom. The van der Waals surface area contributed by atoms with Crippen LogP contribution in [0.3, 0.4) is 0 Å². The molecule has 1 fully saturated rings. The smallest absolute Gasteiger partial charge is 0.295 e. The molecular formula is C25H30N2O6. The highest BCUT2D eigenvalue weighted by molar-refractivity contribution is 6.46. The van der Waals surface area contributed by atoms with Gasteiger partial charge in [0, 0.05) is 18.7 Å². The highest BCUT2D eigenvalue weighted by atomic mass is 16.5. The number of hydrogen-bond acceptors (Lipinski definition) is 7. The van der Waals surface area contributed by atoms with Crippen molar-refractivity contribution >= 4 is 17.4 Å². The molecule has 1 aliphatic rings. The van der Waals surface area contributed by atoms with E-state index in [1.165, 1.54) is 11.0 Å². The van der Waals surface area contributed by atoms with Gasteiger partial charge in [-0.05, 0) is 57.8 Å². The van der Waals surface area contributed by atoms with E-state index in [2.05, 4.69) is 0 Å². The van der Waals surface area contributed by atoms with Crippen LogP contribution in [-0.4, -0.2) is 72.1 Å². The van der Waals surface area contributed by atoms with Crippen LogP contribution in [0.5, 0.6) is 17.2 Å². The number of carbonyl (C=O) groups excluding carboxylic acids is 2. The SMILES string of the molecule is CCOc1cccc(/C(O)=C2\C(=O)C(=O)N(CCN(C)C)C2c2ccc(O)c(OCC)c2)c1. The lowest BCUT2D eigenvalue weighted by atomic mass is 9.95. The molecule has 1 unspecified atom stereocenters. The second kappa shape index (κ2) is 10.4. The van der Waals surface area contributed by atoms with Crippen LogP contribution >= 0.6 is 0 Å². The maximum Gasteiger partial charge on any atom is 0.295 e.